The molecule has 2 aromatic heterocycles. The Bertz CT molecular complexity index is 856. The highest BCUT2D eigenvalue weighted by atomic mass is 16.2. The van der Waals surface area contributed by atoms with Crippen LogP contribution in [0.3, 0.4) is 0 Å². The molecule has 1 fully saturated rings. The van der Waals surface area contributed by atoms with Crippen molar-refractivity contribution in [1.82, 2.24) is 14.9 Å². The zero-order chi connectivity index (χ0) is 17.1. The zero-order valence-corrected chi connectivity index (χ0v) is 14.3. The molecule has 1 saturated heterocycles. The van der Waals surface area contributed by atoms with Crippen molar-refractivity contribution in [2.24, 2.45) is 0 Å². The Morgan fingerprint density at radius 1 is 1.20 bits per heavy atom. The number of para-hydroxylation sites is 1. The number of carbonyl (C=O) groups excluding carboxylic acids is 1. The first-order chi connectivity index (χ1) is 12.3. The fourth-order valence-corrected chi connectivity index (χ4v) is 3.87. The van der Waals surface area contributed by atoms with Crippen LogP contribution >= 0.6 is 0 Å². The van der Waals surface area contributed by atoms with Crippen LogP contribution in [-0.2, 0) is 11.2 Å². The highest BCUT2D eigenvalue weighted by Gasteiger charge is 2.27. The first kappa shape index (κ1) is 15.9. The van der Waals surface area contributed by atoms with Gasteiger partial charge >= 0.3 is 0 Å². The Balaban J connectivity index is 1.47. The smallest absolute Gasteiger partial charge is 0.223 e. The molecular weight excluding hydrogens is 310 g/mol. The summed E-state index contributed by atoms with van der Waals surface area (Å²) in [7, 11) is 0. The van der Waals surface area contributed by atoms with Gasteiger partial charge in [-0.3, -0.25) is 9.78 Å². The number of H-pyrrole nitrogens is 1. The molecule has 0 aliphatic carbocycles. The van der Waals surface area contributed by atoms with Gasteiger partial charge in [0.25, 0.3) is 0 Å². The van der Waals surface area contributed by atoms with Gasteiger partial charge in [-0.2, -0.15) is 0 Å². The second-order valence-corrected chi connectivity index (χ2v) is 6.74. The number of carbonyl (C=O) groups is 1. The van der Waals surface area contributed by atoms with Gasteiger partial charge in [-0.15, -0.1) is 0 Å². The molecule has 0 saturated carbocycles. The average molecular weight is 333 g/mol. The lowest BCUT2D eigenvalue weighted by Gasteiger charge is -2.36. The lowest BCUT2D eigenvalue weighted by Crippen LogP contribution is -2.38. The summed E-state index contributed by atoms with van der Waals surface area (Å²) in [6.45, 7) is 0.853. The number of benzene rings is 1. The molecule has 3 heterocycles. The van der Waals surface area contributed by atoms with E-state index in [-0.39, 0.29) is 11.9 Å². The van der Waals surface area contributed by atoms with Crippen LogP contribution in [0.1, 0.15) is 42.9 Å². The van der Waals surface area contributed by atoms with E-state index >= 15 is 0 Å². The van der Waals surface area contributed by atoms with E-state index in [4.69, 9.17) is 0 Å². The number of aromatic amines is 1. The molecule has 1 atom stereocenters. The van der Waals surface area contributed by atoms with Crippen molar-refractivity contribution in [1.29, 1.82) is 0 Å². The molecule has 1 N–H and O–H groups in total. The number of nitrogens with zero attached hydrogens (tertiary/aromatic N) is 2. The number of likely N-dealkylation sites (tertiary alicyclic amines) is 1. The third-order valence-corrected chi connectivity index (χ3v) is 5.18. The van der Waals surface area contributed by atoms with Gasteiger partial charge in [0.1, 0.15) is 0 Å². The predicted molar refractivity (Wildman–Crippen MR) is 99.2 cm³/mol. The van der Waals surface area contributed by atoms with Crippen LogP contribution in [0.25, 0.3) is 10.9 Å². The molecule has 128 valence electrons. The lowest BCUT2D eigenvalue weighted by atomic mass is 9.95. The van der Waals surface area contributed by atoms with Crippen LogP contribution in [0.2, 0.25) is 0 Å². The largest absolute Gasteiger partial charge is 0.361 e. The third kappa shape index (κ3) is 3.29. The molecule has 0 spiro atoms. The van der Waals surface area contributed by atoms with Crippen LogP contribution in [0.5, 0.6) is 0 Å². The van der Waals surface area contributed by atoms with E-state index in [0.29, 0.717) is 6.42 Å². The number of hydrogen-bond donors (Lipinski definition) is 1. The van der Waals surface area contributed by atoms with Gasteiger partial charge in [0.15, 0.2) is 0 Å². The zero-order valence-electron chi connectivity index (χ0n) is 14.3. The van der Waals surface area contributed by atoms with Crippen LogP contribution < -0.4 is 0 Å². The summed E-state index contributed by atoms with van der Waals surface area (Å²) in [6, 6.07) is 12.5. The van der Waals surface area contributed by atoms with Crippen molar-refractivity contribution >= 4 is 16.8 Å². The number of aromatic nitrogens is 2. The molecule has 0 radical (unpaired) electrons. The number of rotatable bonds is 4. The topological polar surface area (TPSA) is 49.0 Å². The number of hydrogen-bond acceptors (Lipinski definition) is 2. The second kappa shape index (κ2) is 7.09. The van der Waals surface area contributed by atoms with Crippen molar-refractivity contribution in [2.75, 3.05) is 6.54 Å². The average Bonchev–Trinajstić information content (AvgIpc) is 3.10. The Labute approximate surface area is 147 Å². The summed E-state index contributed by atoms with van der Waals surface area (Å²) in [5.74, 6) is 0.249. The second-order valence-electron chi connectivity index (χ2n) is 6.74. The van der Waals surface area contributed by atoms with Gasteiger partial charge < -0.3 is 9.88 Å². The van der Waals surface area contributed by atoms with E-state index in [1.54, 1.807) is 6.20 Å². The van der Waals surface area contributed by atoms with Gasteiger partial charge in [-0.1, -0.05) is 24.3 Å². The summed E-state index contributed by atoms with van der Waals surface area (Å²) < 4.78 is 0. The number of aryl methyl sites for hydroxylation is 1. The number of fused-ring (bicyclic) bond motifs is 1. The number of pyridine rings is 1. The van der Waals surface area contributed by atoms with Gasteiger partial charge in [0.2, 0.25) is 5.91 Å². The summed E-state index contributed by atoms with van der Waals surface area (Å²) >= 11 is 0. The minimum Gasteiger partial charge on any atom is -0.361 e. The quantitative estimate of drug-likeness (QED) is 0.776. The lowest BCUT2D eigenvalue weighted by molar-refractivity contribution is -0.135. The molecule has 25 heavy (non-hydrogen) atoms. The summed E-state index contributed by atoms with van der Waals surface area (Å²) in [4.78, 5) is 22.5. The monoisotopic (exact) mass is 333 g/mol. The standard InChI is InChI=1S/C21H23N3O/c25-21(11-10-16-15-23-19-8-2-1-7-18(16)19)24-13-4-3-9-20(24)17-6-5-12-22-14-17/h1-2,5-8,12,14-15,20,23H,3-4,9-11,13H2. The van der Waals surface area contributed by atoms with Crippen molar-refractivity contribution in [2.45, 2.75) is 38.1 Å². The molecule has 1 unspecified atom stereocenters. The van der Waals surface area contributed by atoms with E-state index in [9.17, 15) is 4.79 Å². The number of amides is 1. The Kier molecular flexibility index (Phi) is 4.51. The van der Waals surface area contributed by atoms with Crippen molar-refractivity contribution in [3.63, 3.8) is 0 Å². The van der Waals surface area contributed by atoms with E-state index in [2.05, 4.69) is 33.1 Å². The Morgan fingerprint density at radius 3 is 3.00 bits per heavy atom. The van der Waals surface area contributed by atoms with Gasteiger partial charge in [-0.05, 0) is 48.9 Å². The van der Waals surface area contributed by atoms with E-state index in [1.807, 2.05) is 30.6 Å². The van der Waals surface area contributed by atoms with Crippen molar-refractivity contribution in [3.8, 4) is 0 Å². The molecule has 1 aromatic carbocycles. The van der Waals surface area contributed by atoms with E-state index in [0.717, 1.165) is 36.9 Å². The predicted octanol–water partition coefficient (Wildman–Crippen LogP) is 4.25. The SMILES string of the molecule is O=C(CCc1c[nH]c2ccccc12)N1CCCCC1c1cccnc1. The molecular formula is C21H23N3O. The van der Waals surface area contributed by atoms with E-state index < -0.39 is 0 Å². The minimum atomic E-state index is 0.179. The fourth-order valence-electron chi connectivity index (χ4n) is 3.87. The van der Waals surface area contributed by atoms with Crippen LogP contribution in [-0.4, -0.2) is 27.3 Å². The number of nitrogens with one attached hydrogen (secondary N) is 1. The van der Waals surface area contributed by atoms with Crippen LogP contribution in [0.4, 0.5) is 0 Å². The highest BCUT2D eigenvalue weighted by Crippen LogP contribution is 2.31. The Hall–Kier alpha value is -2.62. The minimum absolute atomic E-state index is 0.179. The van der Waals surface area contributed by atoms with Crippen molar-refractivity contribution < 1.29 is 4.79 Å². The summed E-state index contributed by atoms with van der Waals surface area (Å²) in [5.41, 5.74) is 3.51. The first-order valence-corrected chi connectivity index (χ1v) is 9.07. The molecule has 4 heteroatoms. The highest BCUT2D eigenvalue weighted by molar-refractivity contribution is 5.84. The van der Waals surface area contributed by atoms with E-state index in [1.165, 1.54) is 17.4 Å². The molecule has 3 aromatic rings. The normalized spacial score (nSPS) is 17.8. The molecule has 1 aliphatic rings. The molecule has 0 bridgehead atoms. The summed E-state index contributed by atoms with van der Waals surface area (Å²) in [5, 5.41) is 1.22. The molecule has 1 amide bonds. The van der Waals surface area contributed by atoms with Gasteiger partial charge in [-0.25, -0.2) is 0 Å². The van der Waals surface area contributed by atoms with Crippen molar-refractivity contribution in [3.05, 3.63) is 66.1 Å². The summed E-state index contributed by atoms with van der Waals surface area (Å²) in [6.07, 6.45) is 10.3. The maximum absolute atomic E-state index is 12.9. The first-order valence-electron chi connectivity index (χ1n) is 9.07. The molecule has 4 rings (SSSR count). The number of piperidine rings is 1. The third-order valence-electron chi connectivity index (χ3n) is 5.18. The van der Waals surface area contributed by atoms with Crippen LogP contribution in [0, 0.1) is 0 Å². The maximum Gasteiger partial charge on any atom is 0.223 e. The Morgan fingerprint density at radius 2 is 2.12 bits per heavy atom. The van der Waals surface area contributed by atoms with Crippen LogP contribution in [0.15, 0.2) is 55.0 Å². The van der Waals surface area contributed by atoms with Gasteiger partial charge in [0, 0.05) is 42.5 Å². The molecule has 4 nitrogen and oxygen atoms in total. The maximum atomic E-state index is 12.9. The fraction of sp³-hybridized carbons (Fsp3) is 0.333. The molecule has 1 aliphatic heterocycles. The van der Waals surface area contributed by atoms with Gasteiger partial charge in [0.05, 0.1) is 6.04 Å².